The Morgan fingerprint density at radius 1 is 1.06 bits per heavy atom. The molecule has 176 valence electrons. The fourth-order valence-corrected chi connectivity index (χ4v) is 4.44. The van der Waals surface area contributed by atoms with E-state index < -0.39 is 6.61 Å². The van der Waals surface area contributed by atoms with Crippen LogP contribution in [-0.4, -0.2) is 50.4 Å². The number of aliphatic hydroxyl groups excluding tert-OH is 2. The zero-order chi connectivity index (χ0) is 24.1. The average Bonchev–Trinajstić information content (AvgIpc) is 3.23. The van der Waals surface area contributed by atoms with Crippen LogP contribution in [0.1, 0.15) is 41.0 Å². The van der Waals surface area contributed by atoms with Gasteiger partial charge in [-0.05, 0) is 55.3 Å². The molecule has 1 aliphatic rings. The first-order valence-electron chi connectivity index (χ1n) is 11.0. The molecule has 1 aliphatic heterocycles. The number of nitrogens with zero attached hydrogens (tertiary/aromatic N) is 3. The van der Waals surface area contributed by atoms with Crippen LogP contribution in [-0.2, 0) is 6.61 Å². The van der Waals surface area contributed by atoms with E-state index in [0.29, 0.717) is 32.8 Å². The second-order valence-electron chi connectivity index (χ2n) is 7.84. The average molecular weight is 499 g/mol. The quantitative estimate of drug-likeness (QED) is 0.465. The van der Waals surface area contributed by atoms with E-state index in [4.69, 9.17) is 28.3 Å². The number of amides is 1. The number of carbonyl (C=O) groups is 1. The van der Waals surface area contributed by atoms with Crippen molar-refractivity contribution in [2.45, 2.75) is 25.9 Å². The lowest BCUT2D eigenvalue weighted by atomic mass is 10.1. The minimum absolute atomic E-state index is 0.123. The first-order chi connectivity index (χ1) is 16.5. The van der Waals surface area contributed by atoms with Crippen molar-refractivity contribution in [3.8, 4) is 28.9 Å². The van der Waals surface area contributed by atoms with Gasteiger partial charge >= 0.3 is 0 Å². The zero-order valence-corrected chi connectivity index (χ0v) is 19.9. The molecule has 1 aromatic heterocycles. The van der Waals surface area contributed by atoms with Crippen LogP contribution < -0.4 is 5.43 Å². The standard InChI is InChI=1S/C25H24Cl2N4O3/c26-18-8-11-20(21(27)15-18)24-28-23(25(34)29-30-12-2-1-3-13-30)22(16-33)31(24)19-9-6-17(7-10-19)5-4-14-32/h6-11,15,32-33H,1-3,12-14,16H2,(H,29,34). The first kappa shape index (κ1) is 24.3. The highest BCUT2D eigenvalue weighted by atomic mass is 35.5. The lowest BCUT2D eigenvalue weighted by Gasteiger charge is -2.26. The molecule has 0 saturated carbocycles. The van der Waals surface area contributed by atoms with E-state index in [1.807, 2.05) is 17.1 Å². The third-order valence-corrected chi connectivity index (χ3v) is 6.11. The van der Waals surface area contributed by atoms with Crippen molar-refractivity contribution in [2.75, 3.05) is 19.7 Å². The molecule has 0 atom stereocenters. The van der Waals surface area contributed by atoms with E-state index in [-0.39, 0.29) is 18.2 Å². The summed E-state index contributed by atoms with van der Waals surface area (Å²) in [6.07, 6.45) is 3.16. The molecule has 2 heterocycles. The molecule has 0 unspecified atom stereocenters. The van der Waals surface area contributed by atoms with Crippen molar-refractivity contribution in [3.05, 3.63) is 69.5 Å². The number of hydrogen-bond acceptors (Lipinski definition) is 5. The molecule has 3 aromatic rings. The Hall–Kier alpha value is -2.86. The lowest BCUT2D eigenvalue weighted by Crippen LogP contribution is -2.45. The SMILES string of the molecule is O=C(NN1CCCCC1)c1nc(-c2ccc(Cl)cc2Cl)n(-c2ccc(C#CCO)cc2)c1CO. The molecular formula is C25H24Cl2N4O3. The molecule has 2 aromatic carbocycles. The van der Waals surface area contributed by atoms with Gasteiger partial charge in [0, 0.05) is 34.9 Å². The summed E-state index contributed by atoms with van der Waals surface area (Å²) in [4.78, 5) is 17.8. The van der Waals surface area contributed by atoms with E-state index in [0.717, 1.165) is 37.9 Å². The Labute approximate surface area is 207 Å². The highest BCUT2D eigenvalue weighted by molar-refractivity contribution is 6.36. The maximum absolute atomic E-state index is 13.2. The van der Waals surface area contributed by atoms with Crippen LogP contribution in [0.3, 0.4) is 0 Å². The van der Waals surface area contributed by atoms with Gasteiger partial charge in [-0.1, -0.05) is 41.5 Å². The highest BCUT2D eigenvalue weighted by Crippen LogP contribution is 2.33. The van der Waals surface area contributed by atoms with Crippen molar-refractivity contribution >= 4 is 29.1 Å². The van der Waals surface area contributed by atoms with E-state index in [9.17, 15) is 9.90 Å². The molecule has 34 heavy (non-hydrogen) atoms. The Morgan fingerprint density at radius 3 is 2.44 bits per heavy atom. The lowest BCUT2D eigenvalue weighted by molar-refractivity contribution is 0.0742. The summed E-state index contributed by atoms with van der Waals surface area (Å²) in [5.41, 5.74) is 5.34. The second kappa shape index (κ2) is 11.0. The molecule has 0 bridgehead atoms. The van der Waals surface area contributed by atoms with Gasteiger partial charge in [0.15, 0.2) is 5.69 Å². The molecule has 1 saturated heterocycles. The number of nitrogens with one attached hydrogen (secondary N) is 1. The number of aliphatic hydroxyl groups is 2. The Balaban J connectivity index is 1.82. The van der Waals surface area contributed by atoms with Gasteiger partial charge in [0.1, 0.15) is 12.4 Å². The largest absolute Gasteiger partial charge is 0.390 e. The van der Waals surface area contributed by atoms with Crippen LogP contribution in [0.2, 0.25) is 10.0 Å². The minimum Gasteiger partial charge on any atom is -0.390 e. The Morgan fingerprint density at radius 2 is 1.79 bits per heavy atom. The number of aromatic nitrogens is 2. The van der Waals surface area contributed by atoms with Crippen molar-refractivity contribution in [2.24, 2.45) is 0 Å². The summed E-state index contributed by atoms with van der Waals surface area (Å²) >= 11 is 12.6. The fourth-order valence-electron chi connectivity index (χ4n) is 3.95. The number of benzene rings is 2. The predicted octanol–water partition coefficient (Wildman–Crippen LogP) is 3.81. The third-order valence-electron chi connectivity index (χ3n) is 5.56. The molecule has 0 radical (unpaired) electrons. The number of piperidine rings is 1. The fraction of sp³-hybridized carbons (Fsp3) is 0.280. The summed E-state index contributed by atoms with van der Waals surface area (Å²) in [5, 5.41) is 22.0. The molecule has 7 nitrogen and oxygen atoms in total. The van der Waals surface area contributed by atoms with Crippen LogP contribution in [0.25, 0.3) is 17.1 Å². The maximum atomic E-state index is 13.2. The molecule has 1 fully saturated rings. The minimum atomic E-state index is -0.410. The van der Waals surface area contributed by atoms with Gasteiger partial charge < -0.3 is 10.2 Å². The molecule has 3 N–H and O–H groups in total. The third kappa shape index (κ3) is 5.27. The van der Waals surface area contributed by atoms with Crippen molar-refractivity contribution < 1.29 is 15.0 Å². The predicted molar refractivity (Wildman–Crippen MR) is 132 cm³/mol. The van der Waals surface area contributed by atoms with Gasteiger partial charge in [-0.3, -0.25) is 14.8 Å². The summed E-state index contributed by atoms with van der Waals surface area (Å²) < 4.78 is 1.71. The molecule has 9 heteroatoms. The number of hydrazine groups is 1. The molecule has 0 aliphatic carbocycles. The van der Waals surface area contributed by atoms with Gasteiger partial charge in [0.2, 0.25) is 0 Å². The number of rotatable bonds is 5. The van der Waals surface area contributed by atoms with E-state index >= 15 is 0 Å². The first-order valence-corrected chi connectivity index (χ1v) is 11.7. The van der Waals surface area contributed by atoms with Gasteiger partial charge in [0.05, 0.1) is 17.3 Å². The maximum Gasteiger partial charge on any atom is 0.286 e. The van der Waals surface area contributed by atoms with Crippen molar-refractivity contribution in [3.63, 3.8) is 0 Å². The van der Waals surface area contributed by atoms with Crippen LogP contribution >= 0.6 is 23.2 Å². The Bertz CT molecular complexity index is 1240. The molecule has 4 rings (SSSR count). The van der Waals surface area contributed by atoms with Gasteiger partial charge in [-0.15, -0.1) is 0 Å². The Kier molecular flexibility index (Phi) is 7.88. The number of hydrogen-bond donors (Lipinski definition) is 3. The second-order valence-corrected chi connectivity index (χ2v) is 8.69. The topological polar surface area (TPSA) is 90.6 Å². The van der Waals surface area contributed by atoms with E-state index in [1.54, 1.807) is 34.9 Å². The molecule has 1 amide bonds. The van der Waals surface area contributed by atoms with E-state index in [2.05, 4.69) is 22.3 Å². The van der Waals surface area contributed by atoms with Crippen LogP contribution in [0.4, 0.5) is 0 Å². The van der Waals surface area contributed by atoms with Crippen LogP contribution in [0, 0.1) is 11.8 Å². The van der Waals surface area contributed by atoms with Gasteiger partial charge in [-0.2, -0.15) is 0 Å². The van der Waals surface area contributed by atoms with Crippen molar-refractivity contribution in [1.82, 2.24) is 20.0 Å². The monoisotopic (exact) mass is 498 g/mol. The summed E-state index contributed by atoms with van der Waals surface area (Å²) in [6, 6.07) is 12.2. The highest BCUT2D eigenvalue weighted by Gasteiger charge is 2.26. The number of imidazole rings is 1. The normalized spacial score (nSPS) is 13.9. The smallest absolute Gasteiger partial charge is 0.286 e. The van der Waals surface area contributed by atoms with E-state index in [1.165, 1.54) is 0 Å². The van der Waals surface area contributed by atoms with Gasteiger partial charge in [0.25, 0.3) is 5.91 Å². The number of carbonyl (C=O) groups excluding carboxylic acids is 1. The molecular weight excluding hydrogens is 475 g/mol. The summed E-state index contributed by atoms with van der Waals surface area (Å²) in [6.45, 7) is 0.903. The van der Waals surface area contributed by atoms with Crippen LogP contribution in [0.5, 0.6) is 0 Å². The van der Waals surface area contributed by atoms with Crippen molar-refractivity contribution in [1.29, 1.82) is 0 Å². The zero-order valence-electron chi connectivity index (χ0n) is 18.4. The number of halogens is 2. The van der Waals surface area contributed by atoms with Crippen LogP contribution in [0.15, 0.2) is 42.5 Å². The molecule has 0 spiro atoms. The van der Waals surface area contributed by atoms with Gasteiger partial charge in [-0.25, -0.2) is 9.99 Å². The summed E-state index contributed by atoms with van der Waals surface area (Å²) in [7, 11) is 0. The summed E-state index contributed by atoms with van der Waals surface area (Å²) in [5.74, 6) is 5.48.